The Morgan fingerprint density at radius 2 is 1.80 bits per heavy atom. The number of benzene rings is 1. The number of halogens is 1. The fourth-order valence-electron chi connectivity index (χ4n) is 2.56. The van der Waals surface area contributed by atoms with Crippen molar-refractivity contribution in [2.75, 3.05) is 0 Å². The summed E-state index contributed by atoms with van der Waals surface area (Å²) in [6, 6.07) is 9.66. The van der Waals surface area contributed by atoms with Crippen molar-refractivity contribution < 1.29 is 13.6 Å². The smallest absolute Gasteiger partial charge is 0.287 e. The van der Waals surface area contributed by atoms with Crippen molar-refractivity contribution >= 4 is 5.91 Å². The van der Waals surface area contributed by atoms with Gasteiger partial charge >= 0.3 is 0 Å². The average Bonchev–Trinajstić information content (AvgIpc) is 3.10. The number of amides is 1. The van der Waals surface area contributed by atoms with Gasteiger partial charge in [-0.2, -0.15) is 0 Å². The summed E-state index contributed by atoms with van der Waals surface area (Å²) in [5, 5.41) is 2.98. The van der Waals surface area contributed by atoms with E-state index in [0.29, 0.717) is 11.5 Å². The van der Waals surface area contributed by atoms with Crippen molar-refractivity contribution in [2.45, 2.75) is 31.7 Å². The number of hydrogen-bond donors (Lipinski definition) is 1. The first kappa shape index (κ1) is 12.9. The molecule has 0 unspecified atom stereocenters. The van der Waals surface area contributed by atoms with Crippen LogP contribution in [0.15, 0.2) is 40.8 Å². The largest absolute Gasteiger partial charge is 0.451 e. The monoisotopic (exact) mass is 273 g/mol. The molecule has 1 saturated carbocycles. The highest BCUT2D eigenvalue weighted by atomic mass is 19.1. The number of carbonyl (C=O) groups excluding carboxylic acids is 1. The maximum Gasteiger partial charge on any atom is 0.287 e. The molecule has 20 heavy (non-hydrogen) atoms. The number of furan rings is 1. The van der Waals surface area contributed by atoms with Gasteiger partial charge in [0.05, 0.1) is 0 Å². The van der Waals surface area contributed by atoms with Crippen LogP contribution < -0.4 is 5.32 Å². The van der Waals surface area contributed by atoms with E-state index in [0.717, 1.165) is 18.4 Å². The predicted octanol–water partition coefficient (Wildman–Crippen LogP) is 3.76. The first-order valence-electron chi connectivity index (χ1n) is 6.89. The highest BCUT2D eigenvalue weighted by Gasteiger charge is 2.20. The molecule has 1 heterocycles. The van der Waals surface area contributed by atoms with Gasteiger partial charge in [0.1, 0.15) is 11.6 Å². The molecule has 0 atom stereocenters. The quantitative estimate of drug-likeness (QED) is 0.925. The molecule has 1 aliphatic carbocycles. The van der Waals surface area contributed by atoms with Gasteiger partial charge in [0, 0.05) is 11.6 Å². The highest BCUT2D eigenvalue weighted by molar-refractivity contribution is 5.92. The van der Waals surface area contributed by atoms with Gasteiger partial charge in [-0.3, -0.25) is 4.79 Å². The van der Waals surface area contributed by atoms with E-state index < -0.39 is 0 Å². The molecule has 0 bridgehead atoms. The Bertz CT molecular complexity index is 597. The van der Waals surface area contributed by atoms with Gasteiger partial charge in [-0.25, -0.2) is 4.39 Å². The third-order valence-corrected chi connectivity index (χ3v) is 3.65. The number of nitrogens with one attached hydrogen (secondary N) is 1. The van der Waals surface area contributed by atoms with E-state index in [-0.39, 0.29) is 17.8 Å². The Labute approximate surface area is 116 Å². The normalized spacial score (nSPS) is 15.4. The van der Waals surface area contributed by atoms with Gasteiger partial charge in [0.15, 0.2) is 5.76 Å². The standard InChI is InChI=1S/C16H16FNO2/c17-12-7-5-11(6-8-12)14-9-10-15(20-14)16(19)18-13-3-1-2-4-13/h5-10,13H,1-4H2,(H,18,19). The molecule has 1 aliphatic rings. The van der Waals surface area contributed by atoms with Crippen LogP contribution in [0.2, 0.25) is 0 Å². The third-order valence-electron chi connectivity index (χ3n) is 3.65. The Morgan fingerprint density at radius 3 is 2.50 bits per heavy atom. The van der Waals surface area contributed by atoms with Crippen LogP contribution in [-0.2, 0) is 0 Å². The average molecular weight is 273 g/mol. The van der Waals surface area contributed by atoms with Crippen LogP contribution >= 0.6 is 0 Å². The van der Waals surface area contributed by atoms with Gasteiger partial charge in [-0.1, -0.05) is 12.8 Å². The molecule has 0 aliphatic heterocycles. The Balaban J connectivity index is 1.72. The van der Waals surface area contributed by atoms with Crippen molar-refractivity contribution in [1.82, 2.24) is 5.32 Å². The molecule has 1 fully saturated rings. The molecule has 1 aromatic heterocycles. The van der Waals surface area contributed by atoms with Crippen molar-refractivity contribution in [3.05, 3.63) is 48.0 Å². The van der Waals surface area contributed by atoms with Crippen molar-refractivity contribution in [2.24, 2.45) is 0 Å². The molecule has 4 heteroatoms. The molecule has 104 valence electrons. The maximum atomic E-state index is 12.9. The van der Waals surface area contributed by atoms with Crippen LogP contribution in [0.1, 0.15) is 36.2 Å². The zero-order valence-corrected chi connectivity index (χ0v) is 11.1. The molecule has 0 saturated heterocycles. The minimum Gasteiger partial charge on any atom is -0.451 e. The summed E-state index contributed by atoms with van der Waals surface area (Å²) < 4.78 is 18.4. The van der Waals surface area contributed by atoms with E-state index in [9.17, 15) is 9.18 Å². The van der Waals surface area contributed by atoms with Crippen molar-refractivity contribution in [3.63, 3.8) is 0 Å². The van der Waals surface area contributed by atoms with E-state index in [1.165, 1.54) is 25.0 Å². The van der Waals surface area contributed by atoms with E-state index in [1.807, 2.05) is 0 Å². The van der Waals surface area contributed by atoms with Crippen molar-refractivity contribution in [3.8, 4) is 11.3 Å². The Kier molecular flexibility index (Phi) is 3.54. The zero-order chi connectivity index (χ0) is 13.9. The number of hydrogen-bond acceptors (Lipinski definition) is 2. The molecule has 1 amide bonds. The summed E-state index contributed by atoms with van der Waals surface area (Å²) in [7, 11) is 0. The molecule has 2 aromatic rings. The fourth-order valence-corrected chi connectivity index (χ4v) is 2.56. The van der Waals surface area contributed by atoms with Crippen LogP contribution in [0, 0.1) is 5.82 Å². The molecule has 0 radical (unpaired) electrons. The van der Waals surface area contributed by atoms with Gasteiger partial charge in [0.25, 0.3) is 5.91 Å². The fraction of sp³-hybridized carbons (Fsp3) is 0.312. The minimum absolute atomic E-state index is 0.176. The van der Waals surface area contributed by atoms with Crippen LogP contribution in [0.5, 0.6) is 0 Å². The lowest BCUT2D eigenvalue weighted by molar-refractivity contribution is 0.0910. The molecule has 3 nitrogen and oxygen atoms in total. The molecule has 3 rings (SSSR count). The second-order valence-corrected chi connectivity index (χ2v) is 5.13. The van der Waals surface area contributed by atoms with E-state index in [1.54, 1.807) is 24.3 Å². The second kappa shape index (κ2) is 5.49. The van der Waals surface area contributed by atoms with Crippen LogP contribution in [0.3, 0.4) is 0 Å². The molecule has 1 aromatic carbocycles. The van der Waals surface area contributed by atoms with Gasteiger partial charge in [-0.05, 0) is 49.2 Å². The second-order valence-electron chi connectivity index (χ2n) is 5.13. The van der Waals surface area contributed by atoms with Gasteiger partial charge in [0.2, 0.25) is 0 Å². The summed E-state index contributed by atoms with van der Waals surface area (Å²) in [5.41, 5.74) is 0.756. The summed E-state index contributed by atoms with van der Waals surface area (Å²) in [6.45, 7) is 0. The Hall–Kier alpha value is -2.10. The first-order valence-corrected chi connectivity index (χ1v) is 6.89. The van der Waals surface area contributed by atoms with Crippen LogP contribution in [0.4, 0.5) is 4.39 Å². The molecular weight excluding hydrogens is 257 g/mol. The number of carbonyl (C=O) groups is 1. The summed E-state index contributed by atoms with van der Waals surface area (Å²) in [5.74, 6) is 0.405. The lowest BCUT2D eigenvalue weighted by Gasteiger charge is -2.09. The topological polar surface area (TPSA) is 42.2 Å². The van der Waals surface area contributed by atoms with E-state index in [4.69, 9.17) is 4.42 Å². The molecule has 1 N–H and O–H groups in total. The predicted molar refractivity (Wildman–Crippen MR) is 73.8 cm³/mol. The van der Waals surface area contributed by atoms with E-state index in [2.05, 4.69) is 5.32 Å². The summed E-state index contributed by atoms with van der Waals surface area (Å²) >= 11 is 0. The zero-order valence-electron chi connectivity index (χ0n) is 11.1. The Morgan fingerprint density at radius 1 is 1.10 bits per heavy atom. The minimum atomic E-state index is -0.292. The van der Waals surface area contributed by atoms with Crippen LogP contribution in [0.25, 0.3) is 11.3 Å². The first-order chi connectivity index (χ1) is 9.72. The maximum absolute atomic E-state index is 12.9. The SMILES string of the molecule is O=C(NC1CCCC1)c1ccc(-c2ccc(F)cc2)o1. The number of rotatable bonds is 3. The summed E-state index contributed by atoms with van der Waals surface area (Å²) in [6.07, 6.45) is 4.42. The van der Waals surface area contributed by atoms with E-state index >= 15 is 0 Å². The molecular formula is C16H16FNO2. The highest BCUT2D eigenvalue weighted by Crippen LogP contribution is 2.23. The molecule has 0 spiro atoms. The third kappa shape index (κ3) is 2.74. The van der Waals surface area contributed by atoms with Gasteiger partial charge < -0.3 is 9.73 Å². The van der Waals surface area contributed by atoms with Crippen molar-refractivity contribution in [1.29, 1.82) is 0 Å². The van der Waals surface area contributed by atoms with Crippen LogP contribution in [-0.4, -0.2) is 11.9 Å². The van der Waals surface area contributed by atoms with Gasteiger partial charge in [-0.15, -0.1) is 0 Å². The summed E-state index contributed by atoms with van der Waals surface area (Å²) in [4.78, 5) is 12.0. The lowest BCUT2D eigenvalue weighted by atomic mass is 10.2. The lowest BCUT2D eigenvalue weighted by Crippen LogP contribution is -2.32.